The lowest BCUT2D eigenvalue weighted by atomic mass is 9.76. The SMILES string of the molecule is CCC(=O)c1c(-c2ccccc2)c2cc(Cl)ccc2c(=O)n1Cc1cn(C(c2ccccc2)(c2ccccc2)c2ccccc2)c(C)n1. The van der Waals surface area contributed by atoms with E-state index in [1.54, 1.807) is 22.8 Å². The van der Waals surface area contributed by atoms with Crippen molar-refractivity contribution < 1.29 is 4.79 Å². The van der Waals surface area contributed by atoms with Crippen molar-refractivity contribution in [3.8, 4) is 11.1 Å². The van der Waals surface area contributed by atoms with Crippen LogP contribution in [0.15, 0.2) is 151 Å². The smallest absolute Gasteiger partial charge is 0.259 e. The molecule has 5 aromatic carbocycles. The Morgan fingerprint density at radius 3 is 1.77 bits per heavy atom. The first-order chi connectivity index (χ1) is 23.4. The van der Waals surface area contributed by atoms with E-state index < -0.39 is 5.54 Å². The normalized spacial score (nSPS) is 11.6. The topological polar surface area (TPSA) is 56.9 Å². The molecular formula is C42H34ClN3O2. The van der Waals surface area contributed by atoms with Crippen molar-refractivity contribution in [2.75, 3.05) is 0 Å². The summed E-state index contributed by atoms with van der Waals surface area (Å²) in [5, 5.41) is 1.65. The number of carbonyl (C=O) groups excluding carboxylic acids is 1. The predicted octanol–water partition coefficient (Wildman–Crippen LogP) is 9.31. The molecular weight excluding hydrogens is 614 g/mol. The first-order valence-corrected chi connectivity index (χ1v) is 16.5. The van der Waals surface area contributed by atoms with Crippen molar-refractivity contribution in [3.05, 3.63) is 195 Å². The van der Waals surface area contributed by atoms with E-state index in [1.165, 1.54) is 0 Å². The minimum atomic E-state index is -0.762. The minimum absolute atomic E-state index is 0.112. The van der Waals surface area contributed by atoms with E-state index >= 15 is 0 Å². The van der Waals surface area contributed by atoms with E-state index in [0.717, 1.165) is 28.1 Å². The third kappa shape index (κ3) is 5.26. The van der Waals surface area contributed by atoms with Crippen molar-refractivity contribution in [1.29, 1.82) is 0 Å². The summed E-state index contributed by atoms with van der Waals surface area (Å²) in [7, 11) is 0. The van der Waals surface area contributed by atoms with Gasteiger partial charge in [0.2, 0.25) is 0 Å². The number of ketones is 1. The van der Waals surface area contributed by atoms with E-state index in [-0.39, 0.29) is 24.3 Å². The quantitative estimate of drug-likeness (QED) is 0.116. The molecule has 7 rings (SSSR count). The van der Waals surface area contributed by atoms with E-state index in [1.807, 2.05) is 68.6 Å². The van der Waals surface area contributed by atoms with Gasteiger partial charge in [0.25, 0.3) is 5.56 Å². The fourth-order valence-electron chi connectivity index (χ4n) is 6.99. The summed E-state index contributed by atoms with van der Waals surface area (Å²) in [6, 6.07) is 46.2. The Hall–Kier alpha value is -5.52. The van der Waals surface area contributed by atoms with Crippen LogP contribution in [-0.4, -0.2) is 19.9 Å². The van der Waals surface area contributed by atoms with Gasteiger partial charge in [-0.2, -0.15) is 0 Å². The van der Waals surface area contributed by atoms with Crippen molar-refractivity contribution in [1.82, 2.24) is 14.1 Å². The Balaban J connectivity index is 1.50. The zero-order chi connectivity index (χ0) is 33.3. The summed E-state index contributed by atoms with van der Waals surface area (Å²) in [4.78, 5) is 33.3. The van der Waals surface area contributed by atoms with Crippen LogP contribution >= 0.6 is 11.6 Å². The molecule has 0 aliphatic rings. The summed E-state index contributed by atoms with van der Waals surface area (Å²) in [6.07, 6.45) is 2.27. The van der Waals surface area contributed by atoms with Gasteiger partial charge in [-0.1, -0.05) is 140 Å². The molecule has 0 fully saturated rings. The number of benzene rings is 5. The van der Waals surface area contributed by atoms with Gasteiger partial charge in [-0.15, -0.1) is 0 Å². The molecule has 0 spiro atoms. The number of aromatic nitrogens is 3. The largest absolute Gasteiger partial charge is 0.316 e. The average molecular weight is 648 g/mol. The van der Waals surface area contributed by atoms with Crippen LogP contribution in [0.4, 0.5) is 0 Å². The van der Waals surface area contributed by atoms with Crippen molar-refractivity contribution in [3.63, 3.8) is 0 Å². The molecule has 0 amide bonds. The van der Waals surface area contributed by atoms with E-state index in [9.17, 15) is 9.59 Å². The summed E-state index contributed by atoms with van der Waals surface area (Å²) >= 11 is 6.47. The summed E-state index contributed by atoms with van der Waals surface area (Å²) in [6.45, 7) is 3.92. The second-order valence-electron chi connectivity index (χ2n) is 11.9. The van der Waals surface area contributed by atoms with Crippen LogP contribution in [0.2, 0.25) is 5.02 Å². The number of carbonyl (C=O) groups is 1. The summed E-state index contributed by atoms with van der Waals surface area (Å²) < 4.78 is 3.80. The maximum atomic E-state index is 14.4. The zero-order valence-corrected chi connectivity index (χ0v) is 27.6. The van der Waals surface area contributed by atoms with E-state index in [4.69, 9.17) is 16.6 Å². The van der Waals surface area contributed by atoms with Gasteiger partial charge in [-0.25, -0.2) is 4.98 Å². The Bertz CT molecular complexity index is 2200. The summed E-state index contributed by atoms with van der Waals surface area (Å²) in [5.41, 5.74) is 4.76. The standard InChI is InChI=1S/C42H34ClN3O2/c1-3-38(47)40-39(30-16-8-4-9-17-30)37-26-34(43)24-25-36(37)41(48)45(40)27-35-28-46(29(2)44-35)42(31-18-10-5-11-19-31,32-20-12-6-13-21-32)33-22-14-7-15-23-33/h4-26,28H,3,27H2,1-2H3. The zero-order valence-electron chi connectivity index (χ0n) is 26.8. The molecule has 0 atom stereocenters. The number of aryl methyl sites for hydroxylation is 1. The van der Waals surface area contributed by atoms with Crippen LogP contribution in [0.25, 0.3) is 21.9 Å². The molecule has 6 heteroatoms. The molecule has 0 N–H and O–H groups in total. The fourth-order valence-corrected chi connectivity index (χ4v) is 7.16. The molecule has 0 radical (unpaired) electrons. The molecule has 0 unspecified atom stereocenters. The lowest BCUT2D eigenvalue weighted by Crippen LogP contribution is -2.38. The van der Waals surface area contributed by atoms with Crippen molar-refractivity contribution in [2.24, 2.45) is 0 Å². The number of imidazole rings is 1. The van der Waals surface area contributed by atoms with Crippen LogP contribution in [0.3, 0.4) is 0 Å². The Morgan fingerprint density at radius 1 is 0.729 bits per heavy atom. The molecule has 2 heterocycles. The van der Waals surface area contributed by atoms with E-state index in [2.05, 4.69) is 77.4 Å². The molecule has 236 valence electrons. The van der Waals surface area contributed by atoms with E-state index in [0.29, 0.717) is 32.7 Å². The van der Waals surface area contributed by atoms with Crippen LogP contribution in [-0.2, 0) is 12.1 Å². The van der Waals surface area contributed by atoms with Crippen LogP contribution in [0.5, 0.6) is 0 Å². The van der Waals surface area contributed by atoms with Gasteiger partial charge < -0.3 is 4.57 Å². The molecule has 0 aliphatic heterocycles. The third-order valence-electron chi connectivity index (χ3n) is 9.07. The van der Waals surface area contributed by atoms with Gasteiger partial charge in [-0.05, 0) is 52.8 Å². The molecule has 0 aliphatic carbocycles. The number of nitrogens with zero attached hydrogens (tertiary/aromatic N) is 3. The fraction of sp³-hybridized carbons (Fsp3) is 0.119. The van der Waals surface area contributed by atoms with Crippen LogP contribution in [0, 0.1) is 6.92 Å². The second-order valence-corrected chi connectivity index (χ2v) is 12.3. The lowest BCUT2D eigenvalue weighted by Gasteiger charge is -2.38. The molecule has 0 bridgehead atoms. The lowest BCUT2D eigenvalue weighted by molar-refractivity contribution is 0.0979. The van der Waals surface area contributed by atoms with Crippen molar-refractivity contribution in [2.45, 2.75) is 32.4 Å². The third-order valence-corrected chi connectivity index (χ3v) is 9.30. The highest BCUT2D eigenvalue weighted by Gasteiger charge is 2.39. The van der Waals surface area contributed by atoms with Gasteiger partial charge >= 0.3 is 0 Å². The van der Waals surface area contributed by atoms with Crippen LogP contribution < -0.4 is 5.56 Å². The van der Waals surface area contributed by atoms with Gasteiger partial charge in [0.1, 0.15) is 11.4 Å². The molecule has 2 aromatic heterocycles. The second kappa shape index (κ2) is 12.9. The number of Topliss-reactive ketones (excluding diaryl/α,β-unsaturated/α-hetero) is 1. The monoisotopic (exact) mass is 647 g/mol. The number of pyridine rings is 1. The maximum absolute atomic E-state index is 14.4. The number of fused-ring (bicyclic) bond motifs is 1. The first-order valence-electron chi connectivity index (χ1n) is 16.1. The van der Waals surface area contributed by atoms with Gasteiger partial charge in [0, 0.05) is 28.6 Å². The van der Waals surface area contributed by atoms with Gasteiger partial charge in [0.15, 0.2) is 5.78 Å². The molecule has 7 aromatic rings. The Labute approximate surface area is 284 Å². The number of halogens is 1. The Morgan fingerprint density at radius 2 is 1.25 bits per heavy atom. The highest BCUT2D eigenvalue weighted by molar-refractivity contribution is 6.31. The highest BCUT2D eigenvalue weighted by Crippen LogP contribution is 2.42. The maximum Gasteiger partial charge on any atom is 0.259 e. The van der Waals surface area contributed by atoms with Crippen LogP contribution in [0.1, 0.15) is 52.0 Å². The predicted molar refractivity (Wildman–Crippen MR) is 194 cm³/mol. The Kier molecular flexibility index (Phi) is 8.38. The molecule has 0 saturated heterocycles. The van der Waals surface area contributed by atoms with Gasteiger partial charge in [-0.3, -0.25) is 14.2 Å². The molecule has 0 saturated carbocycles. The van der Waals surface area contributed by atoms with Gasteiger partial charge in [0.05, 0.1) is 17.9 Å². The number of hydrogen-bond donors (Lipinski definition) is 0. The molecule has 5 nitrogen and oxygen atoms in total. The average Bonchev–Trinajstić information content (AvgIpc) is 3.50. The number of rotatable bonds is 9. The van der Waals surface area contributed by atoms with Crippen molar-refractivity contribution >= 4 is 28.2 Å². The minimum Gasteiger partial charge on any atom is -0.316 e. The number of hydrogen-bond acceptors (Lipinski definition) is 3. The summed E-state index contributed by atoms with van der Waals surface area (Å²) in [5.74, 6) is 0.644. The first kappa shape index (κ1) is 31.1. The molecule has 48 heavy (non-hydrogen) atoms. The highest BCUT2D eigenvalue weighted by atomic mass is 35.5.